The second-order valence-electron chi connectivity index (χ2n) is 3.13. The standard InChI is InChI=1S/C10H8FN3O2/c1-6-9(14-16-13-6)12-10(15)7-4-2-3-5-8(7)11/h2-5H,1H3,(H,12,14,15). The molecule has 0 fully saturated rings. The van der Waals surface area contributed by atoms with E-state index in [2.05, 4.69) is 20.3 Å². The molecule has 1 heterocycles. The average Bonchev–Trinajstić information content (AvgIpc) is 2.65. The summed E-state index contributed by atoms with van der Waals surface area (Å²) in [7, 11) is 0. The van der Waals surface area contributed by atoms with Gasteiger partial charge in [-0.1, -0.05) is 17.3 Å². The van der Waals surface area contributed by atoms with E-state index in [1.807, 2.05) is 0 Å². The Balaban J connectivity index is 2.22. The van der Waals surface area contributed by atoms with E-state index in [0.29, 0.717) is 5.69 Å². The maximum atomic E-state index is 13.2. The predicted octanol–water partition coefficient (Wildman–Crippen LogP) is 1.77. The first kappa shape index (κ1) is 10.3. The number of nitrogens with one attached hydrogen (secondary N) is 1. The Labute approximate surface area is 90.2 Å². The zero-order valence-corrected chi connectivity index (χ0v) is 8.40. The van der Waals surface area contributed by atoms with Crippen LogP contribution in [0.3, 0.4) is 0 Å². The molecular weight excluding hydrogens is 213 g/mol. The fraction of sp³-hybridized carbons (Fsp3) is 0.100. The van der Waals surface area contributed by atoms with Crippen molar-refractivity contribution in [2.45, 2.75) is 6.92 Å². The lowest BCUT2D eigenvalue weighted by molar-refractivity contribution is 0.102. The molecular formula is C10H8FN3O2. The summed E-state index contributed by atoms with van der Waals surface area (Å²) < 4.78 is 17.7. The van der Waals surface area contributed by atoms with Gasteiger partial charge < -0.3 is 5.32 Å². The third-order valence-corrected chi connectivity index (χ3v) is 2.00. The summed E-state index contributed by atoms with van der Waals surface area (Å²) in [5.74, 6) is -0.987. The van der Waals surface area contributed by atoms with E-state index in [1.54, 1.807) is 13.0 Å². The van der Waals surface area contributed by atoms with Crippen molar-refractivity contribution in [3.63, 3.8) is 0 Å². The first-order chi connectivity index (χ1) is 7.68. The predicted molar refractivity (Wildman–Crippen MR) is 53.4 cm³/mol. The summed E-state index contributed by atoms with van der Waals surface area (Å²) in [6, 6.07) is 5.68. The molecule has 0 aliphatic carbocycles. The van der Waals surface area contributed by atoms with Gasteiger partial charge in [-0.25, -0.2) is 9.02 Å². The Morgan fingerprint density at radius 3 is 2.75 bits per heavy atom. The van der Waals surface area contributed by atoms with E-state index in [4.69, 9.17) is 0 Å². The van der Waals surface area contributed by atoms with E-state index in [0.717, 1.165) is 0 Å². The topological polar surface area (TPSA) is 68.0 Å². The summed E-state index contributed by atoms with van der Waals surface area (Å²) in [4.78, 5) is 11.6. The molecule has 0 saturated heterocycles. The molecule has 0 atom stereocenters. The van der Waals surface area contributed by atoms with Crippen molar-refractivity contribution >= 4 is 11.7 Å². The molecule has 0 aliphatic heterocycles. The minimum absolute atomic E-state index is 0.0510. The molecule has 2 aromatic rings. The Bertz CT molecular complexity index is 524. The molecule has 16 heavy (non-hydrogen) atoms. The minimum atomic E-state index is -0.589. The van der Waals surface area contributed by atoms with Gasteiger partial charge in [0.1, 0.15) is 11.5 Å². The lowest BCUT2D eigenvalue weighted by atomic mass is 10.2. The van der Waals surface area contributed by atoms with Crippen LogP contribution in [0.1, 0.15) is 16.1 Å². The van der Waals surface area contributed by atoms with Crippen molar-refractivity contribution in [1.82, 2.24) is 10.3 Å². The number of benzene rings is 1. The summed E-state index contributed by atoms with van der Waals surface area (Å²) in [6.45, 7) is 1.62. The van der Waals surface area contributed by atoms with Crippen molar-refractivity contribution in [2.24, 2.45) is 0 Å². The second kappa shape index (κ2) is 4.09. The van der Waals surface area contributed by atoms with Crippen molar-refractivity contribution < 1.29 is 13.8 Å². The van der Waals surface area contributed by atoms with E-state index >= 15 is 0 Å². The van der Waals surface area contributed by atoms with Crippen LogP contribution in [0.15, 0.2) is 28.9 Å². The summed E-state index contributed by atoms with van der Waals surface area (Å²) in [5.41, 5.74) is 0.384. The number of amides is 1. The van der Waals surface area contributed by atoms with Gasteiger partial charge in [-0.05, 0) is 24.2 Å². The highest BCUT2D eigenvalue weighted by molar-refractivity contribution is 6.04. The van der Waals surface area contributed by atoms with Crippen LogP contribution in [0.2, 0.25) is 0 Å². The molecule has 0 bridgehead atoms. The van der Waals surface area contributed by atoms with Gasteiger partial charge >= 0.3 is 0 Å². The molecule has 0 unspecified atom stereocenters. The van der Waals surface area contributed by atoms with Gasteiger partial charge in [0.25, 0.3) is 5.91 Å². The number of aryl methyl sites for hydroxylation is 1. The first-order valence-electron chi connectivity index (χ1n) is 4.53. The normalized spacial score (nSPS) is 10.1. The second-order valence-corrected chi connectivity index (χ2v) is 3.13. The quantitative estimate of drug-likeness (QED) is 0.839. The number of anilines is 1. The Morgan fingerprint density at radius 2 is 2.12 bits per heavy atom. The minimum Gasteiger partial charge on any atom is -0.302 e. The SMILES string of the molecule is Cc1nonc1NC(=O)c1ccccc1F. The van der Waals surface area contributed by atoms with Crippen LogP contribution in [0.5, 0.6) is 0 Å². The van der Waals surface area contributed by atoms with Gasteiger partial charge in [0, 0.05) is 0 Å². The summed E-state index contributed by atoms with van der Waals surface area (Å²) >= 11 is 0. The van der Waals surface area contributed by atoms with Crippen molar-refractivity contribution in [1.29, 1.82) is 0 Å². The van der Waals surface area contributed by atoms with E-state index in [-0.39, 0.29) is 11.4 Å². The van der Waals surface area contributed by atoms with Gasteiger partial charge in [0.05, 0.1) is 5.56 Å². The number of halogens is 1. The zero-order valence-electron chi connectivity index (χ0n) is 8.40. The monoisotopic (exact) mass is 221 g/mol. The van der Waals surface area contributed by atoms with Crippen LogP contribution in [0.25, 0.3) is 0 Å². The van der Waals surface area contributed by atoms with E-state index < -0.39 is 11.7 Å². The van der Waals surface area contributed by atoms with Crippen molar-refractivity contribution in [3.05, 3.63) is 41.3 Å². The van der Waals surface area contributed by atoms with Crippen LogP contribution in [0, 0.1) is 12.7 Å². The highest BCUT2D eigenvalue weighted by Crippen LogP contribution is 2.11. The maximum Gasteiger partial charge on any atom is 0.259 e. The number of hydrogen-bond donors (Lipinski definition) is 1. The number of aromatic nitrogens is 2. The van der Waals surface area contributed by atoms with E-state index in [1.165, 1.54) is 18.2 Å². The molecule has 0 saturated carbocycles. The van der Waals surface area contributed by atoms with Gasteiger partial charge in [0.15, 0.2) is 0 Å². The number of nitrogens with zero attached hydrogens (tertiary/aromatic N) is 2. The third-order valence-electron chi connectivity index (χ3n) is 2.00. The highest BCUT2D eigenvalue weighted by atomic mass is 19.1. The van der Waals surface area contributed by atoms with Gasteiger partial charge in [-0.3, -0.25) is 4.79 Å². The molecule has 1 amide bonds. The van der Waals surface area contributed by atoms with Crippen LogP contribution in [-0.4, -0.2) is 16.2 Å². The first-order valence-corrected chi connectivity index (χ1v) is 4.53. The lowest BCUT2D eigenvalue weighted by Crippen LogP contribution is -2.14. The molecule has 5 nitrogen and oxygen atoms in total. The number of rotatable bonds is 2. The smallest absolute Gasteiger partial charge is 0.259 e. The Kier molecular flexibility index (Phi) is 2.63. The van der Waals surface area contributed by atoms with Crippen LogP contribution in [0.4, 0.5) is 10.2 Å². The number of carbonyl (C=O) groups excluding carboxylic acids is 1. The molecule has 82 valence electrons. The highest BCUT2D eigenvalue weighted by Gasteiger charge is 2.14. The van der Waals surface area contributed by atoms with Crippen molar-refractivity contribution in [2.75, 3.05) is 5.32 Å². The molecule has 2 rings (SSSR count). The van der Waals surface area contributed by atoms with Gasteiger partial charge in [0.2, 0.25) is 5.82 Å². The molecule has 0 spiro atoms. The average molecular weight is 221 g/mol. The molecule has 0 radical (unpaired) electrons. The third kappa shape index (κ3) is 1.90. The lowest BCUT2D eigenvalue weighted by Gasteiger charge is -2.02. The Morgan fingerprint density at radius 1 is 1.38 bits per heavy atom. The van der Waals surface area contributed by atoms with Crippen LogP contribution >= 0.6 is 0 Å². The molecule has 0 aliphatic rings. The Hall–Kier alpha value is -2.24. The fourth-order valence-electron chi connectivity index (χ4n) is 1.17. The van der Waals surface area contributed by atoms with Crippen molar-refractivity contribution in [3.8, 4) is 0 Å². The number of carbonyl (C=O) groups is 1. The zero-order chi connectivity index (χ0) is 11.5. The summed E-state index contributed by atoms with van der Waals surface area (Å²) in [6.07, 6.45) is 0. The van der Waals surface area contributed by atoms with Crippen LogP contribution in [-0.2, 0) is 0 Å². The van der Waals surface area contributed by atoms with E-state index in [9.17, 15) is 9.18 Å². The molecule has 6 heteroatoms. The summed E-state index contributed by atoms with van der Waals surface area (Å²) in [5, 5.41) is 9.36. The number of hydrogen-bond acceptors (Lipinski definition) is 4. The fourth-order valence-corrected chi connectivity index (χ4v) is 1.17. The molecule has 1 N–H and O–H groups in total. The van der Waals surface area contributed by atoms with Gasteiger partial charge in [-0.15, -0.1) is 0 Å². The van der Waals surface area contributed by atoms with Gasteiger partial charge in [-0.2, -0.15) is 0 Å². The molecule has 1 aromatic heterocycles. The van der Waals surface area contributed by atoms with Crippen LogP contribution < -0.4 is 5.32 Å². The molecule has 1 aromatic carbocycles. The maximum absolute atomic E-state index is 13.2. The largest absolute Gasteiger partial charge is 0.302 e.